The van der Waals surface area contributed by atoms with Gasteiger partial charge in [-0.15, -0.1) is 0 Å². The number of H-pyrrole nitrogens is 2. The number of halogens is 1. The van der Waals surface area contributed by atoms with Crippen molar-refractivity contribution in [2.75, 3.05) is 26.2 Å². The zero-order valence-electron chi connectivity index (χ0n) is 21.3. The molecule has 0 radical (unpaired) electrons. The Morgan fingerprint density at radius 3 is 2.62 bits per heavy atom. The molecule has 0 aliphatic carbocycles. The zero-order chi connectivity index (χ0) is 26.2. The van der Waals surface area contributed by atoms with Gasteiger partial charge in [0, 0.05) is 34.6 Å². The Kier molecular flexibility index (Phi) is 6.01. The Morgan fingerprint density at radius 2 is 1.74 bits per heavy atom. The van der Waals surface area contributed by atoms with E-state index in [2.05, 4.69) is 36.1 Å². The highest BCUT2D eigenvalue weighted by Gasteiger charge is 2.16. The number of rotatable bonds is 7. The van der Waals surface area contributed by atoms with E-state index in [1.807, 2.05) is 30.3 Å². The minimum Gasteiger partial charge on any atom is -0.491 e. The lowest BCUT2D eigenvalue weighted by atomic mass is 10.0. The number of nitrogens with one attached hydrogen (secondary N) is 2. The fourth-order valence-electron chi connectivity index (χ4n) is 5.38. The van der Waals surface area contributed by atoms with Gasteiger partial charge in [-0.05, 0) is 73.5 Å². The lowest BCUT2D eigenvalue weighted by Crippen LogP contribution is -2.25. The highest BCUT2D eigenvalue weighted by Crippen LogP contribution is 2.35. The summed E-state index contributed by atoms with van der Waals surface area (Å²) in [7, 11) is 0. The average molecular weight is 519 g/mol. The highest BCUT2D eigenvalue weighted by molar-refractivity contribution is 6.01. The molecule has 0 spiro atoms. The summed E-state index contributed by atoms with van der Waals surface area (Å²) in [6.07, 6.45) is 7.90. The first-order chi connectivity index (χ1) is 19.2. The van der Waals surface area contributed by atoms with E-state index in [9.17, 15) is 4.39 Å². The normalized spacial score (nSPS) is 14.0. The number of aromatic nitrogens is 5. The van der Waals surface area contributed by atoms with Crippen LogP contribution in [0.4, 0.5) is 4.39 Å². The second-order valence-electron chi connectivity index (χ2n) is 9.95. The number of pyridine rings is 2. The lowest BCUT2D eigenvalue weighted by Gasteiger charge is -2.15. The standard InChI is InChI=1S/C31H27FN6O/c32-22-8-6-20(7-9-22)24-4-3-5-27-25(24)15-29(35-27)31-26-16-28(34-19-30(26)36-37-31)21-14-23(18-33-17-21)39-13-12-38-10-1-2-11-38/h3-9,14-19,35H,1-2,10-13H2,(H,36,37). The van der Waals surface area contributed by atoms with Crippen molar-refractivity contribution >= 4 is 21.8 Å². The Hall–Kier alpha value is -4.56. The molecule has 8 heteroatoms. The van der Waals surface area contributed by atoms with Crippen LogP contribution in [0.5, 0.6) is 5.75 Å². The quantitative estimate of drug-likeness (QED) is 0.254. The fraction of sp³-hybridized carbons (Fsp3) is 0.194. The first kappa shape index (κ1) is 23.5. The number of ether oxygens (including phenoxy) is 1. The third-order valence-electron chi connectivity index (χ3n) is 7.41. The topological polar surface area (TPSA) is 82.7 Å². The van der Waals surface area contributed by atoms with Gasteiger partial charge in [0.15, 0.2) is 0 Å². The van der Waals surface area contributed by atoms with Crippen LogP contribution in [0, 0.1) is 5.82 Å². The van der Waals surface area contributed by atoms with Crippen LogP contribution in [-0.2, 0) is 0 Å². The van der Waals surface area contributed by atoms with Crippen LogP contribution in [0.1, 0.15) is 12.8 Å². The van der Waals surface area contributed by atoms with Gasteiger partial charge in [-0.25, -0.2) is 4.39 Å². The Bertz CT molecular complexity index is 1770. The predicted octanol–water partition coefficient (Wildman–Crippen LogP) is 6.45. The largest absolute Gasteiger partial charge is 0.491 e. The number of fused-ring (bicyclic) bond motifs is 2. The summed E-state index contributed by atoms with van der Waals surface area (Å²) in [5.74, 6) is 0.493. The van der Waals surface area contributed by atoms with Gasteiger partial charge >= 0.3 is 0 Å². The molecule has 0 amide bonds. The maximum absolute atomic E-state index is 13.5. The Balaban J connectivity index is 1.20. The minimum atomic E-state index is -0.248. The molecule has 194 valence electrons. The molecule has 6 aromatic rings. The van der Waals surface area contributed by atoms with E-state index in [0.29, 0.717) is 6.61 Å². The van der Waals surface area contributed by atoms with E-state index >= 15 is 0 Å². The third-order valence-corrected chi connectivity index (χ3v) is 7.41. The third kappa shape index (κ3) is 4.64. The molecular weight excluding hydrogens is 491 g/mol. The van der Waals surface area contributed by atoms with Crippen molar-refractivity contribution in [1.82, 2.24) is 30.0 Å². The van der Waals surface area contributed by atoms with E-state index in [1.54, 1.807) is 30.7 Å². The van der Waals surface area contributed by atoms with E-state index < -0.39 is 0 Å². The maximum atomic E-state index is 13.5. The molecule has 1 aliphatic rings. The summed E-state index contributed by atoms with van der Waals surface area (Å²) >= 11 is 0. The van der Waals surface area contributed by atoms with Crippen LogP contribution in [0.15, 0.2) is 79.3 Å². The molecule has 1 saturated heterocycles. The number of aromatic amines is 2. The van der Waals surface area contributed by atoms with Crippen molar-refractivity contribution < 1.29 is 9.13 Å². The molecule has 0 unspecified atom stereocenters. The van der Waals surface area contributed by atoms with E-state index in [4.69, 9.17) is 4.74 Å². The predicted molar refractivity (Wildman–Crippen MR) is 151 cm³/mol. The second-order valence-corrected chi connectivity index (χ2v) is 9.95. The van der Waals surface area contributed by atoms with Crippen molar-refractivity contribution in [2.45, 2.75) is 12.8 Å². The van der Waals surface area contributed by atoms with Crippen LogP contribution in [0.2, 0.25) is 0 Å². The highest BCUT2D eigenvalue weighted by atomic mass is 19.1. The summed E-state index contributed by atoms with van der Waals surface area (Å²) in [5, 5.41) is 9.73. The number of nitrogens with zero attached hydrogens (tertiary/aromatic N) is 4. The van der Waals surface area contributed by atoms with Gasteiger partial charge in [0.1, 0.15) is 23.9 Å². The second kappa shape index (κ2) is 9.96. The summed E-state index contributed by atoms with van der Waals surface area (Å²) in [4.78, 5) is 15.0. The van der Waals surface area contributed by atoms with Crippen LogP contribution in [-0.4, -0.2) is 56.3 Å². The van der Waals surface area contributed by atoms with Gasteiger partial charge in [-0.2, -0.15) is 5.10 Å². The molecule has 4 aromatic heterocycles. The Morgan fingerprint density at radius 1 is 0.872 bits per heavy atom. The smallest absolute Gasteiger partial charge is 0.138 e. The molecule has 0 atom stereocenters. The fourth-order valence-corrected chi connectivity index (χ4v) is 5.38. The molecule has 7 nitrogen and oxygen atoms in total. The van der Waals surface area contributed by atoms with Crippen molar-refractivity contribution in [1.29, 1.82) is 0 Å². The first-order valence-electron chi connectivity index (χ1n) is 13.2. The summed E-state index contributed by atoms with van der Waals surface area (Å²) in [6, 6.07) is 18.8. The van der Waals surface area contributed by atoms with E-state index in [0.717, 1.165) is 81.0 Å². The molecular formula is C31H27FN6O. The zero-order valence-corrected chi connectivity index (χ0v) is 21.3. The molecule has 1 fully saturated rings. The summed E-state index contributed by atoms with van der Waals surface area (Å²) in [6.45, 7) is 3.88. The van der Waals surface area contributed by atoms with Crippen LogP contribution in [0.25, 0.3) is 55.6 Å². The molecule has 0 bridgehead atoms. The van der Waals surface area contributed by atoms with Gasteiger partial charge < -0.3 is 9.72 Å². The molecule has 5 heterocycles. The van der Waals surface area contributed by atoms with Crippen molar-refractivity contribution in [3.8, 4) is 39.5 Å². The van der Waals surface area contributed by atoms with E-state index in [-0.39, 0.29) is 5.82 Å². The average Bonchev–Trinajstić information content (AvgIpc) is 3.73. The van der Waals surface area contributed by atoms with Gasteiger partial charge in [-0.1, -0.05) is 24.3 Å². The SMILES string of the molecule is Fc1ccc(-c2cccc3[nH]c(-c4n[nH]c5cnc(-c6cncc(OCCN7CCCC7)c6)cc45)cc23)cc1. The Labute approximate surface area is 224 Å². The molecule has 1 aliphatic heterocycles. The van der Waals surface area contributed by atoms with Crippen molar-refractivity contribution in [3.05, 3.63) is 85.1 Å². The molecule has 39 heavy (non-hydrogen) atoms. The van der Waals surface area contributed by atoms with Gasteiger partial charge in [-0.3, -0.25) is 20.0 Å². The molecule has 2 aromatic carbocycles. The molecule has 7 rings (SSSR count). The van der Waals surface area contributed by atoms with Gasteiger partial charge in [0.25, 0.3) is 0 Å². The first-order valence-corrected chi connectivity index (χ1v) is 13.2. The lowest BCUT2D eigenvalue weighted by molar-refractivity contribution is 0.237. The van der Waals surface area contributed by atoms with Crippen LogP contribution >= 0.6 is 0 Å². The summed E-state index contributed by atoms with van der Waals surface area (Å²) in [5.41, 5.74) is 7.20. The maximum Gasteiger partial charge on any atom is 0.138 e. The monoisotopic (exact) mass is 518 g/mol. The number of hydrogen-bond donors (Lipinski definition) is 2. The summed E-state index contributed by atoms with van der Waals surface area (Å²) < 4.78 is 19.5. The minimum absolute atomic E-state index is 0.248. The number of benzene rings is 2. The van der Waals surface area contributed by atoms with E-state index in [1.165, 1.54) is 25.0 Å². The number of likely N-dealkylation sites (tertiary alicyclic amines) is 1. The molecule has 2 N–H and O–H groups in total. The van der Waals surface area contributed by atoms with Crippen LogP contribution in [0.3, 0.4) is 0 Å². The van der Waals surface area contributed by atoms with Crippen molar-refractivity contribution in [2.24, 2.45) is 0 Å². The van der Waals surface area contributed by atoms with Crippen molar-refractivity contribution in [3.63, 3.8) is 0 Å². The number of hydrogen-bond acceptors (Lipinski definition) is 5. The van der Waals surface area contributed by atoms with Crippen LogP contribution < -0.4 is 4.74 Å². The van der Waals surface area contributed by atoms with Gasteiger partial charge in [0.2, 0.25) is 0 Å². The van der Waals surface area contributed by atoms with Gasteiger partial charge in [0.05, 0.1) is 29.3 Å². The molecule has 0 saturated carbocycles.